The zero-order chi connectivity index (χ0) is 34.5. The van der Waals surface area contributed by atoms with Crippen LogP contribution >= 0.6 is 0 Å². The minimum Gasteiger partial charge on any atom is -0.411 e. The molecule has 0 aromatic carbocycles. The van der Waals surface area contributed by atoms with E-state index in [9.17, 15) is 28.8 Å². The van der Waals surface area contributed by atoms with Gasteiger partial charge in [-0.15, -0.1) is 0 Å². The Labute approximate surface area is 263 Å². The molecule has 0 aromatic rings. The lowest BCUT2D eigenvalue weighted by atomic mass is 9.74. The molecule has 0 unspecified atom stereocenters. The molecule has 12 nitrogen and oxygen atoms in total. The molecule has 1 rings (SSSR count). The third-order valence-electron chi connectivity index (χ3n) is 6.10. The van der Waals surface area contributed by atoms with Gasteiger partial charge in [0.05, 0.1) is 5.41 Å². The lowest BCUT2D eigenvalue weighted by molar-refractivity contribution is -0.208. The smallest absolute Gasteiger partial charge is 0.321 e. The quantitative estimate of drug-likeness (QED) is 0.158. The Bertz CT molecular complexity index is 1290. The van der Waals surface area contributed by atoms with Crippen LogP contribution < -0.4 is 0 Å². The highest BCUT2D eigenvalue weighted by molar-refractivity contribution is 5.71. The van der Waals surface area contributed by atoms with Crippen LogP contribution in [0.3, 0.4) is 0 Å². The molecule has 0 heterocycles. The van der Waals surface area contributed by atoms with Crippen LogP contribution in [0.15, 0.2) is 11.6 Å². The van der Waals surface area contributed by atoms with Crippen LogP contribution in [0.25, 0.3) is 0 Å². The van der Waals surface area contributed by atoms with E-state index in [-0.39, 0.29) is 32.1 Å². The second-order valence-corrected chi connectivity index (χ2v) is 10.2. The molecule has 45 heavy (non-hydrogen) atoms. The van der Waals surface area contributed by atoms with Crippen LogP contribution in [0, 0.1) is 40.9 Å². The fourth-order valence-electron chi connectivity index (χ4n) is 4.23. The Morgan fingerprint density at radius 1 is 0.600 bits per heavy atom. The predicted octanol–water partition coefficient (Wildman–Crippen LogP) is 3.79. The minimum absolute atomic E-state index is 0.0191. The summed E-state index contributed by atoms with van der Waals surface area (Å²) in [6.07, 6.45) is 2.47. The molecule has 0 spiro atoms. The van der Waals surface area contributed by atoms with Gasteiger partial charge >= 0.3 is 53.2 Å². The summed E-state index contributed by atoms with van der Waals surface area (Å²) in [7, 11) is 0. The maximum atomic E-state index is 11.9. The van der Waals surface area contributed by atoms with Crippen LogP contribution in [0.2, 0.25) is 0 Å². The van der Waals surface area contributed by atoms with E-state index in [0.29, 0.717) is 12.0 Å². The summed E-state index contributed by atoms with van der Waals surface area (Å²) in [5, 5.41) is 0. The molecule has 0 N–H and O–H groups in total. The molecule has 1 aliphatic rings. The first-order chi connectivity index (χ1) is 20.9. The number of carbonyl (C=O) groups excluding carboxylic acids is 6. The van der Waals surface area contributed by atoms with Crippen molar-refractivity contribution >= 4 is 35.8 Å². The summed E-state index contributed by atoms with van der Waals surface area (Å²) in [6.45, 7) is 11.7. The van der Waals surface area contributed by atoms with Gasteiger partial charge in [-0.1, -0.05) is 44.6 Å². The van der Waals surface area contributed by atoms with Crippen molar-refractivity contribution in [1.82, 2.24) is 0 Å². The van der Waals surface area contributed by atoms with Crippen molar-refractivity contribution in [2.75, 3.05) is 0 Å². The third-order valence-corrected chi connectivity index (χ3v) is 6.10. The Morgan fingerprint density at radius 3 is 1.20 bits per heavy atom. The first-order valence-electron chi connectivity index (χ1n) is 14.4. The Balaban J connectivity index is 3.95. The average molecular weight is 629 g/mol. The first kappa shape index (κ1) is 38.3. The van der Waals surface area contributed by atoms with Gasteiger partial charge in [0.2, 0.25) is 0 Å². The van der Waals surface area contributed by atoms with E-state index in [1.165, 1.54) is 0 Å². The monoisotopic (exact) mass is 628 g/mol. The molecular formula is C33H40O12. The Hall–Kier alpha value is -4.76. The number of rotatable bonds is 9. The highest BCUT2D eigenvalue weighted by Crippen LogP contribution is 2.37. The van der Waals surface area contributed by atoms with E-state index in [2.05, 4.69) is 35.5 Å². The van der Waals surface area contributed by atoms with Gasteiger partial charge in [-0.05, 0) is 30.6 Å². The highest BCUT2D eigenvalue weighted by atomic mass is 16.7. The summed E-state index contributed by atoms with van der Waals surface area (Å²) in [5.41, 5.74) is -0.844. The van der Waals surface area contributed by atoms with Gasteiger partial charge in [-0.2, -0.15) is 0 Å². The second kappa shape index (κ2) is 16.4. The van der Waals surface area contributed by atoms with Crippen LogP contribution in [-0.2, 0) is 57.2 Å². The van der Waals surface area contributed by atoms with E-state index in [4.69, 9.17) is 28.4 Å². The zero-order valence-electron chi connectivity index (χ0n) is 27.2. The molecule has 0 fully saturated rings. The van der Waals surface area contributed by atoms with Gasteiger partial charge < -0.3 is 28.4 Å². The number of carbonyl (C=O) groups is 6. The molecule has 0 saturated carbocycles. The molecular weight excluding hydrogens is 588 g/mol. The van der Waals surface area contributed by atoms with Gasteiger partial charge in [0, 0.05) is 72.8 Å². The van der Waals surface area contributed by atoms with Crippen LogP contribution in [0.1, 0.15) is 101 Å². The van der Waals surface area contributed by atoms with Crippen molar-refractivity contribution < 1.29 is 57.2 Å². The van der Waals surface area contributed by atoms with Crippen molar-refractivity contribution in [3.63, 3.8) is 0 Å². The highest BCUT2D eigenvalue weighted by Gasteiger charge is 2.39. The zero-order valence-corrected chi connectivity index (χ0v) is 27.2. The van der Waals surface area contributed by atoms with E-state index >= 15 is 0 Å². The Kier molecular flexibility index (Phi) is 13.9. The van der Waals surface area contributed by atoms with Gasteiger partial charge in [0.1, 0.15) is 0 Å². The summed E-state index contributed by atoms with van der Waals surface area (Å²) < 4.78 is 31.9. The minimum atomic E-state index is -1.94. The summed E-state index contributed by atoms with van der Waals surface area (Å²) in [4.78, 5) is 71.4. The van der Waals surface area contributed by atoms with Crippen LogP contribution in [0.5, 0.6) is 0 Å². The largest absolute Gasteiger partial charge is 0.411 e. The van der Waals surface area contributed by atoms with Crippen molar-refractivity contribution in [2.24, 2.45) is 5.41 Å². The van der Waals surface area contributed by atoms with Gasteiger partial charge in [-0.25, -0.2) is 0 Å². The maximum Gasteiger partial charge on any atom is 0.321 e. The number of esters is 6. The van der Waals surface area contributed by atoms with E-state index in [0.717, 1.165) is 41.5 Å². The summed E-state index contributed by atoms with van der Waals surface area (Å²) in [6, 6.07) is 0. The number of hydrogen-bond donors (Lipinski definition) is 0. The van der Waals surface area contributed by atoms with E-state index < -0.39 is 58.6 Å². The molecule has 0 radical (unpaired) electrons. The van der Waals surface area contributed by atoms with Crippen molar-refractivity contribution in [3.8, 4) is 35.5 Å². The Morgan fingerprint density at radius 2 is 0.911 bits per heavy atom. The lowest BCUT2D eigenvalue weighted by Crippen LogP contribution is -2.38. The SMILES string of the molecule is CCC(C#CC1=CCCC(C#CC(CC)(OC(C)=O)OC(C)=O)(C#CC(CC)(OC(C)=O)OC(C)=O)C1)(OC(C)=O)OC(C)=O. The van der Waals surface area contributed by atoms with Crippen molar-refractivity contribution in [2.45, 2.75) is 118 Å². The second-order valence-electron chi connectivity index (χ2n) is 10.2. The van der Waals surface area contributed by atoms with Crippen molar-refractivity contribution in [3.05, 3.63) is 11.6 Å². The molecule has 0 bridgehead atoms. The van der Waals surface area contributed by atoms with E-state index in [1.54, 1.807) is 26.8 Å². The molecule has 0 atom stereocenters. The normalized spacial score (nSPS) is 13.8. The standard InChI is InChI=1S/C33H40O12/c1-10-31(40-23(4)34,41-24(5)35)17-15-29-14-13-16-30(22-29,18-20-32(11-2,42-25(6)36)43-26(7)37)19-21-33(12-3,44-27(8)38)45-28(9)39/h14H,10-13,16,22H2,1-9H3. The molecule has 0 aromatic heterocycles. The van der Waals surface area contributed by atoms with Gasteiger partial charge in [-0.3, -0.25) is 28.8 Å². The predicted molar refractivity (Wildman–Crippen MR) is 157 cm³/mol. The van der Waals surface area contributed by atoms with E-state index in [1.807, 2.05) is 0 Å². The fraction of sp³-hybridized carbons (Fsp3) is 0.576. The third kappa shape index (κ3) is 12.4. The molecule has 12 heteroatoms. The average Bonchev–Trinajstić information content (AvgIpc) is 2.92. The number of hydrogen-bond acceptors (Lipinski definition) is 12. The van der Waals surface area contributed by atoms with Gasteiger partial charge in [0.15, 0.2) is 0 Å². The molecule has 0 aliphatic heterocycles. The topological polar surface area (TPSA) is 158 Å². The van der Waals surface area contributed by atoms with Crippen molar-refractivity contribution in [1.29, 1.82) is 0 Å². The maximum absolute atomic E-state index is 11.9. The summed E-state index contributed by atoms with van der Waals surface area (Å²) >= 11 is 0. The fourth-order valence-corrected chi connectivity index (χ4v) is 4.23. The number of ether oxygens (including phenoxy) is 6. The van der Waals surface area contributed by atoms with Gasteiger partial charge in [0.25, 0.3) is 0 Å². The molecule has 1 aliphatic carbocycles. The summed E-state index contributed by atoms with van der Waals surface area (Å²) in [5.74, 6) is 7.10. The molecule has 0 saturated heterocycles. The number of allylic oxidation sites excluding steroid dienone is 2. The molecule has 0 amide bonds. The van der Waals surface area contributed by atoms with Crippen LogP contribution in [0.4, 0.5) is 0 Å². The first-order valence-corrected chi connectivity index (χ1v) is 14.4. The van der Waals surface area contributed by atoms with Crippen LogP contribution in [-0.4, -0.2) is 53.2 Å². The molecule has 244 valence electrons. The lowest BCUT2D eigenvalue weighted by Gasteiger charge is -2.30.